The molecule has 0 aliphatic rings. The Morgan fingerprint density at radius 2 is 2.12 bits per heavy atom. The smallest absolute Gasteiger partial charge is 0.337 e. The second-order valence-corrected chi connectivity index (χ2v) is 4.59. The topological polar surface area (TPSA) is 120 Å². The summed E-state index contributed by atoms with van der Waals surface area (Å²) in [6.07, 6.45) is 0. The molecule has 0 aliphatic carbocycles. The molecule has 0 bridgehead atoms. The number of hydrogen-bond donors (Lipinski definition) is 1. The fraction of sp³-hybridized carbons (Fsp3) is 0. The monoisotopic (exact) mass is 261 g/mol. The van der Waals surface area contributed by atoms with Crippen molar-refractivity contribution in [1.29, 1.82) is 0 Å². The van der Waals surface area contributed by atoms with Crippen molar-refractivity contribution in [3.63, 3.8) is 0 Å². The number of rotatable bonds is 3. The van der Waals surface area contributed by atoms with Crippen LogP contribution in [0.25, 0.3) is 10.4 Å². The van der Waals surface area contributed by atoms with Crippen LogP contribution in [0.15, 0.2) is 27.6 Å². The van der Waals surface area contributed by atoms with Crippen LogP contribution in [-0.2, 0) is 10.0 Å². The molecule has 1 aromatic rings. The Morgan fingerprint density at radius 3 is 2.62 bits per heavy atom. The highest BCUT2D eigenvalue weighted by Crippen LogP contribution is 2.21. The first-order valence-corrected chi connectivity index (χ1v) is 5.54. The molecule has 1 N–H and O–H groups in total. The molecule has 0 aliphatic heterocycles. The minimum atomic E-state index is -4.20. The zero-order chi connectivity index (χ0) is 12.3. The lowest BCUT2D eigenvalue weighted by molar-refractivity contribution is 0.0697. The summed E-state index contributed by atoms with van der Waals surface area (Å²) >= 11 is 5.54. The molecule has 0 radical (unpaired) electrons. The van der Waals surface area contributed by atoms with Crippen LogP contribution in [0.3, 0.4) is 0 Å². The van der Waals surface area contributed by atoms with E-state index in [1.807, 2.05) is 0 Å². The molecular weight excluding hydrogens is 258 g/mol. The Hall–Kier alpha value is -1.76. The van der Waals surface area contributed by atoms with E-state index >= 15 is 0 Å². The predicted octanol–water partition coefficient (Wildman–Crippen LogP) is 2.04. The first-order valence-electron chi connectivity index (χ1n) is 3.72. The van der Waals surface area contributed by atoms with Gasteiger partial charge in [0.1, 0.15) is 0 Å². The highest BCUT2D eigenvalue weighted by molar-refractivity contribution is 7.90. The Morgan fingerprint density at radius 1 is 1.50 bits per heavy atom. The molecule has 1 aromatic carbocycles. The van der Waals surface area contributed by atoms with E-state index in [1.165, 1.54) is 0 Å². The van der Waals surface area contributed by atoms with Gasteiger partial charge in [-0.25, -0.2) is 13.2 Å². The Kier molecular flexibility index (Phi) is 3.38. The standard InChI is InChI=1S/C7H4ClN3O4S/c8-6-2-1-4(3-5(6)7(12)13)16(14,15)11-10-9/h1-3H,(H,12,13). The van der Waals surface area contributed by atoms with Crippen molar-refractivity contribution in [2.24, 2.45) is 4.52 Å². The molecule has 0 saturated carbocycles. The summed E-state index contributed by atoms with van der Waals surface area (Å²) < 4.78 is 25.1. The third-order valence-electron chi connectivity index (χ3n) is 1.61. The van der Waals surface area contributed by atoms with Crippen LogP contribution >= 0.6 is 11.6 Å². The molecular formula is C7H4ClN3O4S. The molecule has 0 unspecified atom stereocenters. The van der Waals surface area contributed by atoms with Crippen LogP contribution in [-0.4, -0.2) is 19.5 Å². The second-order valence-electron chi connectivity index (χ2n) is 2.59. The maximum atomic E-state index is 11.3. The molecule has 9 heteroatoms. The molecule has 0 atom stereocenters. The lowest BCUT2D eigenvalue weighted by Crippen LogP contribution is -2.02. The fourth-order valence-corrected chi connectivity index (χ4v) is 1.82. The number of sulfonamides is 1. The van der Waals surface area contributed by atoms with E-state index in [0.29, 0.717) is 0 Å². The van der Waals surface area contributed by atoms with Crippen molar-refractivity contribution < 1.29 is 18.3 Å². The Bertz CT molecular complexity index is 592. The van der Waals surface area contributed by atoms with Gasteiger partial charge in [0.05, 0.1) is 15.5 Å². The third kappa shape index (κ3) is 2.43. The van der Waals surface area contributed by atoms with Crippen LogP contribution in [0.5, 0.6) is 0 Å². The predicted molar refractivity (Wildman–Crippen MR) is 54.7 cm³/mol. The average molecular weight is 262 g/mol. The van der Waals surface area contributed by atoms with Gasteiger partial charge >= 0.3 is 5.97 Å². The van der Waals surface area contributed by atoms with Crippen LogP contribution in [0.4, 0.5) is 0 Å². The van der Waals surface area contributed by atoms with Gasteiger partial charge in [-0.3, -0.25) is 0 Å². The third-order valence-corrected chi connectivity index (χ3v) is 3.08. The van der Waals surface area contributed by atoms with Crippen molar-refractivity contribution in [1.82, 2.24) is 0 Å². The van der Waals surface area contributed by atoms with Crippen LogP contribution in [0.1, 0.15) is 10.4 Å². The molecule has 1 rings (SSSR count). The molecule has 0 heterocycles. The summed E-state index contributed by atoms with van der Waals surface area (Å²) in [5, 5.41) is 8.60. The van der Waals surface area contributed by atoms with E-state index in [2.05, 4.69) is 9.43 Å². The van der Waals surface area contributed by atoms with E-state index in [1.54, 1.807) is 0 Å². The van der Waals surface area contributed by atoms with Gasteiger partial charge in [0.2, 0.25) is 0 Å². The van der Waals surface area contributed by atoms with E-state index in [9.17, 15) is 13.2 Å². The summed E-state index contributed by atoms with van der Waals surface area (Å²) in [6.45, 7) is 0. The normalized spacial score (nSPS) is 10.6. The average Bonchev–Trinajstić information content (AvgIpc) is 2.17. The van der Waals surface area contributed by atoms with Gasteiger partial charge < -0.3 is 5.11 Å². The van der Waals surface area contributed by atoms with Crippen molar-refractivity contribution in [3.05, 3.63) is 39.2 Å². The number of carboxylic acid groups (broad SMARTS) is 1. The summed E-state index contributed by atoms with van der Waals surface area (Å²) in [5.41, 5.74) is 7.65. The maximum absolute atomic E-state index is 11.3. The van der Waals surface area contributed by atoms with Crippen molar-refractivity contribution in [2.45, 2.75) is 4.90 Å². The zero-order valence-electron chi connectivity index (χ0n) is 7.53. The SMILES string of the molecule is [N-]=[N+]=NS(=O)(=O)c1ccc(Cl)c(C(=O)O)c1. The minimum absolute atomic E-state index is 0.104. The Balaban J connectivity index is 3.45. The highest BCUT2D eigenvalue weighted by Gasteiger charge is 2.16. The minimum Gasteiger partial charge on any atom is -0.478 e. The number of nitrogens with zero attached hydrogens (tertiary/aromatic N) is 3. The zero-order valence-corrected chi connectivity index (χ0v) is 9.10. The first kappa shape index (κ1) is 12.3. The highest BCUT2D eigenvalue weighted by atomic mass is 35.5. The largest absolute Gasteiger partial charge is 0.478 e. The molecule has 0 fully saturated rings. The molecule has 16 heavy (non-hydrogen) atoms. The number of aromatic carboxylic acids is 1. The van der Waals surface area contributed by atoms with Gasteiger partial charge in [0, 0.05) is 9.43 Å². The molecule has 84 valence electrons. The Labute approximate surface area is 94.9 Å². The number of carboxylic acids is 1. The number of benzene rings is 1. The van der Waals surface area contributed by atoms with Gasteiger partial charge in [-0.15, -0.1) is 0 Å². The van der Waals surface area contributed by atoms with Gasteiger partial charge in [-0.05, 0) is 23.7 Å². The van der Waals surface area contributed by atoms with Gasteiger partial charge in [-0.1, -0.05) is 11.6 Å². The van der Waals surface area contributed by atoms with E-state index in [0.717, 1.165) is 18.2 Å². The van der Waals surface area contributed by atoms with Crippen LogP contribution in [0.2, 0.25) is 5.02 Å². The van der Waals surface area contributed by atoms with Gasteiger partial charge in [0.25, 0.3) is 10.0 Å². The molecule has 7 nitrogen and oxygen atoms in total. The van der Waals surface area contributed by atoms with Crippen molar-refractivity contribution >= 4 is 27.6 Å². The first-order chi connectivity index (χ1) is 7.38. The fourth-order valence-electron chi connectivity index (χ4n) is 0.924. The van der Waals surface area contributed by atoms with Crippen LogP contribution < -0.4 is 0 Å². The van der Waals surface area contributed by atoms with Gasteiger partial charge in [0.15, 0.2) is 0 Å². The summed E-state index contributed by atoms with van der Waals surface area (Å²) in [7, 11) is -4.20. The second kappa shape index (κ2) is 4.40. The molecule has 0 spiro atoms. The van der Waals surface area contributed by atoms with Crippen LogP contribution in [0, 0.1) is 0 Å². The molecule has 0 aromatic heterocycles. The van der Waals surface area contributed by atoms with E-state index in [4.69, 9.17) is 22.2 Å². The molecule has 0 saturated heterocycles. The summed E-state index contributed by atoms with van der Waals surface area (Å²) in [5.74, 6) is -1.37. The quantitative estimate of drug-likeness (QED) is 0.508. The van der Waals surface area contributed by atoms with Crippen molar-refractivity contribution in [3.8, 4) is 0 Å². The lowest BCUT2D eigenvalue weighted by Gasteiger charge is -2.01. The number of azide groups is 1. The van der Waals surface area contributed by atoms with E-state index in [-0.39, 0.29) is 10.6 Å². The molecule has 0 amide bonds. The summed E-state index contributed by atoms with van der Waals surface area (Å²) in [4.78, 5) is 12.4. The number of carbonyl (C=O) groups is 1. The summed E-state index contributed by atoms with van der Waals surface area (Å²) in [6, 6.07) is 2.98. The lowest BCUT2D eigenvalue weighted by atomic mass is 10.2. The van der Waals surface area contributed by atoms with E-state index < -0.39 is 20.9 Å². The number of halogens is 1. The van der Waals surface area contributed by atoms with Crippen molar-refractivity contribution in [2.75, 3.05) is 0 Å². The maximum Gasteiger partial charge on any atom is 0.337 e. The van der Waals surface area contributed by atoms with Gasteiger partial charge in [-0.2, -0.15) is 0 Å². The number of hydrogen-bond acceptors (Lipinski definition) is 3.